The van der Waals surface area contributed by atoms with Gasteiger partial charge in [-0.1, -0.05) is 30.3 Å². The Hall–Kier alpha value is -0.910. The fraction of sp³-hybridized carbons (Fsp3) is 0.600. The minimum Gasteiger partial charge on any atom is -0.298 e. The molecule has 4 nitrogen and oxygen atoms in total. The fourth-order valence-corrected chi connectivity index (χ4v) is 3.75. The van der Waals surface area contributed by atoms with Gasteiger partial charge >= 0.3 is 0 Å². The highest BCUT2D eigenvalue weighted by molar-refractivity contribution is 7.85. The van der Waals surface area contributed by atoms with E-state index in [1.165, 1.54) is 5.56 Å². The van der Waals surface area contributed by atoms with Gasteiger partial charge in [0.15, 0.2) is 0 Å². The van der Waals surface area contributed by atoms with Crippen molar-refractivity contribution < 1.29 is 12.6 Å². The van der Waals surface area contributed by atoms with E-state index in [0.29, 0.717) is 17.9 Å². The first-order valence-electron chi connectivity index (χ1n) is 7.08. The largest absolute Gasteiger partial charge is 0.298 e. The minimum absolute atomic E-state index is 0.319. The normalized spacial score (nSPS) is 29.9. The molecule has 0 amide bonds. The Morgan fingerprint density at radius 2 is 2.10 bits per heavy atom. The van der Waals surface area contributed by atoms with E-state index in [1.807, 2.05) is 6.07 Å². The van der Waals surface area contributed by atoms with E-state index in [-0.39, 0.29) is 0 Å². The summed E-state index contributed by atoms with van der Waals surface area (Å²) in [6.45, 7) is 3.52. The average molecular weight is 295 g/mol. The van der Waals surface area contributed by atoms with Crippen molar-refractivity contribution in [1.82, 2.24) is 4.90 Å². The molecule has 1 aromatic rings. The highest BCUT2D eigenvalue weighted by Crippen LogP contribution is 2.58. The van der Waals surface area contributed by atoms with E-state index in [0.717, 1.165) is 38.7 Å². The maximum atomic E-state index is 11.0. The number of rotatable bonds is 5. The van der Waals surface area contributed by atoms with Crippen LogP contribution in [0.5, 0.6) is 0 Å². The molecule has 1 saturated heterocycles. The molecule has 1 spiro atoms. The molecule has 2 fully saturated rings. The smallest absolute Gasteiger partial charge is 0.264 e. The molecular formula is C15H21NO3S. The molecule has 1 saturated carbocycles. The Bertz CT molecular complexity index is 572. The van der Waals surface area contributed by atoms with Crippen LogP contribution in [0.3, 0.4) is 0 Å². The predicted octanol–water partition coefficient (Wildman–Crippen LogP) is 1.87. The Kier molecular flexibility index (Phi) is 3.60. The summed E-state index contributed by atoms with van der Waals surface area (Å²) in [5.41, 5.74) is 1.66. The lowest BCUT2D eigenvalue weighted by molar-refractivity contribution is 0.264. The molecule has 110 valence electrons. The van der Waals surface area contributed by atoms with Gasteiger partial charge in [-0.25, -0.2) is 0 Å². The maximum absolute atomic E-state index is 11.0. The molecular weight excluding hydrogens is 274 g/mol. The van der Waals surface area contributed by atoms with Gasteiger partial charge in [0, 0.05) is 13.1 Å². The molecule has 2 atom stereocenters. The van der Waals surface area contributed by atoms with Gasteiger partial charge in [-0.3, -0.25) is 9.08 Å². The molecule has 1 aromatic carbocycles. The monoisotopic (exact) mass is 295 g/mol. The molecule has 1 aliphatic heterocycles. The number of nitrogens with zero attached hydrogens (tertiary/aromatic N) is 1. The molecule has 5 heteroatoms. The number of hydrogen-bond acceptors (Lipinski definition) is 4. The van der Waals surface area contributed by atoms with Gasteiger partial charge in [0.25, 0.3) is 10.1 Å². The first-order chi connectivity index (χ1) is 9.47. The summed E-state index contributed by atoms with van der Waals surface area (Å²) in [5.74, 6) is 0.415. The van der Waals surface area contributed by atoms with E-state index in [4.69, 9.17) is 4.18 Å². The summed E-state index contributed by atoms with van der Waals surface area (Å²) in [6.07, 6.45) is 3.39. The summed E-state index contributed by atoms with van der Waals surface area (Å²) < 4.78 is 27.0. The first kappa shape index (κ1) is 14.0. The molecule has 0 radical (unpaired) electrons. The predicted molar refractivity (Wildman–Crippen MR) is 77.7 cm³/mol. The second kappa shape index (κ2) is 5.13. The number of hydrogen-bond donors (Lipinski definition) is 0. The molecule has 3 rings (SSSR count). The molecule has 1 heterocycles. The van der Waals surface area contributed by atoms with Crippen molar-refractivity contribution in [2.24, 2.45) is 11.3 Å². The number of benzene rings is 1. The summed E-state index contributed by atoms with van der Waals surface area (Å²) >= 11 is 0. The van der Waals surface area contributed by atoms with E-state index < -0.39 is 10.1 Å². The van der Waals surface area contributed by atoms with Crippen LogP contribution in [0.25, 0.3) is 0 Å². The van der Waals surface area contributed by atoms with Crippen molar-refractivity contribution in [3.05, 3.63) is 35.9 Å². The van der Waals surface area contributed by atoms with Crippen molar-refractivity contribution in [2.75, 3.05) is 26.0 Å². The number of likely N-dealkylation sites (tertiary alicyclic amines) is 1. The second-order valence-electron chi connectivity index (χ2n) is 6.20. The van der Waals surface area contributed by atoms with Crippen LogP contribution < -0.4 is 0 Å². The summed E-state index contributed by atoms with van der Waals surface area (Å²) in [6, 6.07) is 10.5. The van der Waals surface area contributed by atoms with Crippen molar-refractivity contribution in [3.8, 4) is 0 Å². The highest BCUT2D eigenvalue weighted by Gasteiger charge is 2.57. The van der Waals surface area contributed by atoms with Crippen LogP contribution >= 0.6 is 0 Å². The fourth-order valence-electron chi connectivity index (χ4n) is 3.33. The Balaban J connectivity index is 1.51. The van der Waals surface area contributed by atoms with E-state index in [9.17, 15) is 8.42 Å². The highest BCUT2D eigenvalue weighted by atomic mass is 32.2. The summed E-state index contributed by atoms with van der Waals surface area (Å²) in [4.78, 5) is 2.47. The molecule has 1 aliphatic carbocycles. The van der Waals surface area contributed by atoms with Crippen LogP contribution in [0.15, 0.2) is 30.3 Å². The van der Waals surface area contributed by atoms with E-state index in [1.54, 1.807) is 0 Å². The van der Waals surface area contributed by atoms with Crippen molar-refractivity contribution in [1.29, 1.82) is 0 Å². The zero-order chi connectivity index (χ0) is 14.2. The lowest BCUT2D eigenvalue weighted by Crippen LogP contribution is -2.21. The van der Waals surface area contributed by atoms with Gasteiger partial charge in [0.05, 0.1) is 12.9 Å². The third kappa shape index (κ3) is 3.22. The van der Waals surface area contributed by atoms with Crippen molar-refractivity contribution >= 4 is 10.1 Å². The van der Waals surface area contributed by atoms with E-state index >= 15 is 0 Å². The third-order valence-corrected chi connectivity index (χ3v) is 5.12. The van der Waals surface area contributed by atoms with Crippen LogP contribution in [0.2, 0.25) is 0 Å². The third-order valence-electron chi connectivity index (χ3n) is 4.56. The molecule has 0 aromatic heterocycles. The van der Waals surface area contributed by atoms with Crippen LogP contribution in [-0.4, -0.2) is 39.3 Å². The zero-order valence-electron chi connectivity index (χ0n) is 11.8. The van der Waals surface area contributed by atoms with Crippen LogP contribution in [0.4, 0.5) is 0 Å². The van der Waals surface area contributed by atoms with Crippen LogP contribution in [0.1, 0.15) is 18.4 Å². The maximum Gasteiger partial charge on any atom is 0.264 e. The molecule has 0 bridgehead atoms. The molecule has 20 heavy (non-hydrogen) atoms. The van der Waals surface area contributed by atoms with Crippen LogP contribution in [-0.2, 0) is 20.8 Å². The van der Waals surface area contributed by atoms with Gasteiger partial charge in [-0.15, -0.1) is 0 Å². The topological polar surface area (TPSA) is 46.6 Å². The van der Waals surface area contributed by atoms with Crippen molar-refractivity contribution in [2.45, 2.75) is 19.4 Å². The zero-order valence-corrected chi connectivity index (χ0v) is 12.6. The second-order valence-corrected chi connectivity index (χ2v) is 7.84. The van der Waals surface area contributed by atoms with Crippen LogP contribution in [0, 0.1) is 11.3 Å². The Morgan fingerprint density at radius 3 is 2.80 bits per heavy atom. The Morgan fingerprint density at radius 1 is 1.35 bits per heavy atom. The molecule has 2 aliphatic rings. The summed E-state index contributed by atoms with van der Waals surface area (Å²) in [5, 5.41) is 0. The van der Waals surface area contributed by atoms with Gasteiger partial charge in [-0.05, 0) is 36.3 Å². The lowest BCUT2D eigenvalue weighted by atomic mass is 10.0. The first-order valence-corrected chi connectivity index (χ1v) is 8.89. The summed E-state index contributed by atoms with van der Waals surface area (Å²) in [7, 11) is -3.30. The van der Waals surface area contributed by atoms with Gasteiger partial charge in [0.1, 0.15) is 0 Å². The van der Waals surface area contributed by atoms with Gasteiger partial charge in [-0.2, -0.15) is 8.42 Å². The van der Waals surface area contributed by atoms with Gasteiger partial charge in [0.2, 0.25) is 0 Å². The lowest BCUT2D eigenvalue weighted by Gasteiger charge is -2.16. The van der Waals surface area contributed by atoms with E-state index in [2.05, 4.69) is 29.2 Å². The Labute approximate surface area is 120 Å². The average Bonchev–Trinajstić information content (AvgIpc) is 2.91. The molecule has 0 N–H and O–H groups in total. The molecule has 2 unspecified atom stereocenters. The van der Waals surface area contributed by atoms with Gasteiger partial charge < -0.3 is 0 Å². The standard InChI is InChI=1S/C15H21NO3S/c1-20(17,18)19-11-14-9-15(14)7-8-16(12-15)10-13-5-3-2-4-6-13/h2-6,14H,7-12H2,1H3. The van der Waals surface area contributed by atoms with Crippen molar-refractivity contribution in [3.63, 3.8) is 0 Å². The SMILES string of the molecule is CS(=O)(=O)OCC1CC12CCN(Cc1ccccc1)C2. The quantitative estimate of drug-likeness (QED) is 0.778. The minimum atomic E-state index is -3.30.